The molecule has 0 saturated heterocycles. The molecule has 0 radical (unpaired) electrons. The number of hydrogen-bond donors (Lipinski definition) is 1. The van der Waals surface area contributed by atoms with Crippen molar-refractivity contribution in [1.29, 1.82) is 0 Å². The molecule has 102 valence electrons. The van der Waals surface area contributed by atoms with Gasteiger partial charge in [-0.25, -0.2) is 4.39 Å². The molecule has 1 aromatic carbocycles. The molecule has 1 atom stereocenters. The zero-order valence-electron chi connectivity index (χ0n) is 10.5. The van der Waals surface area contributed by atoms with Crippen LogP contribution in [-0.2, 0) is 13.0 Å². The van der Waals surface area contributed by atoms with E-state index < -0.39 is 0 Å². The normalized spacial score (nSPS) is 12.4. The monoisotopic (exact) mass is 299 g/mol. The lowest BCUT2D eigenvalue weighted by molar-refractivity contribution is 0.293. The molecule has 2 rings (SSSR count). The van der Waals surface area contributed by atoms with Gasteiger partial charge >= 0.3 is 0 Å². The van der Waals surface area contributed by atoms with E-state index in [-0.39, 0.29) is 17.6 Å². The number of benzene rings is 1. The quantitative estimate of drug-likeness (QED) is 0.905. The van der Waals surface area contributed by atoms with E-state index in [4.69, 9.17) is 22.1 Å². The van der Waals surface area contributed by atoms with Gasteiger partial charge < -0.3 is 10.5 Å². The maximum atomic E-state index is 13.8. The van der Waals surface area contributed by atoms with Crippen molar-refractivity contribution < 1.29 is 9.13 Å². The van der Waals surface area contributed by atoms with Gasteiger partial charge in [-0.1, -0.05) is 17.7 Å². The zero-order valence-corrected chi connectivity index (χ0v) is 12.1. The van der Waals surface area contributed by atoms with Crippen molar-refractivity contribution in [2.24, 2.45) is 5.73 Å². The Balaban J connectivity index is 2.00. The summed E-state index contributed by atoms with van der Waals surface area (Å²) in [5.74, 6) is -0.112. The van der Waals surface area contributed by atoms with Crippen LogP contribution in [0.1, 0.15) is 17.4 Å². The molecule has 19 heavy (non-hydrogen) atoms. The van der Waals surface area contributed by atoms with Gasteiger partial charge in [0, 0.05) is 10.9 Å². The number of thiophene rings is 1. The molecule has 2 aromatic rings. The molecule has 2 N–H and O–H groups in total. The summed E-state index contributed by atoms with van der Waals surface area (Å²) in [6, 6.07) is 8.63. The first-order valence-electron chi connectivity index (χ1n) is 5.95. The molecule has 0 aliphatic rings. The molecule has 0 aliphatic heterocycles. The van der Waals surface area contributed by atoms with Gasteiger partial charge in [-0.3, -0.25) is 0 Å². The topological polar surface area (TPSA) is 35.2 Å². The van der Waals surface area contributed by atoms with Crippen molar-refractivity contribution in [3.05, 3.63) is 50.9 Å². The van der Waals surface area contributed by atoms with E-state index in [9.17, 15) is 4.39 Å². The van der Waals surface area contributed by atoms with Gasteiger partial charge in [-0.15, -0.1) is 11.3 Å². The van der Waals surface area contributed by atoms with Crippen molar-refractivity contribution in [1.82, 2.24) is 0 Å². The third-order valence-corrected chi connectivity index (χ3v) is 3.76. The minimum atomic E-state index is -0.360. The summed E-state index contributed by atoms with van der Waals surface area (Å²) in [5.41, 5.74) is 6.56. The molecule has 1 aromatic heterocycles. The van der Waals surface area contributed by atoms with Crippen molar-refractivity contribution in [2.75, 3.05) is 0 Å². The second-order valence-corrected chi connectivity index (χ2v) is 6.24. The van der Waals surface area contributed by atoms with Crippen molar-refractivity contribution in [3.63, 3.8) is 0 Å². The summed E-state index contributed by atoms with van der Waals surface area (Å²) >= 11 is 7.25. The number of halogens is 2. The third-order valence-electron chi connectivity index (χ3n) is 2.55. The fourth-order valence-corrected chi connectivity index (χ4v) is 2.74. The maximum absolute atomic E-state index is 13.8. The Morgan fingerprint density at radius 1 is 1.37 bits per heavy atom. The highest BCUT2D eigenvalue weighted by Crippen LogP contribution is 2.24. The summed E-state index contributed by atoms with van der Waals surface area (Å²) in [4.78, 5) is 0.962. The predicted molar refractivity (Wildman–Crippen MR) is 77.4 cm³/mol. The number of rotatable bonds is 5. The van der Waals surface area contributed by atoms with E-state index in [0.717, 1.165) is 10.4 Å². The highest BCUT2D eigenvalue weighted by atomic mass is 35.5. The Hall–Kier alpha value is -1.10. The minimum absolute atomic E-state index is 0.0134. The van der Waals surface area contributed by atoms with Crippen LogP contribution in [0.25, 0.3) is 0 Å². The zero-order chi connectivity index (χ0) is 13.8. The second kappa shape index (κ2) is 6.37. The largest absolute Gasteiger partial charge is 0.485 e. The Morgan fingerprint density at radius 3 is 2.74 bits per heavy atom. The van der Waals surface area contributed by atoms with E-state index >= 15 is 0 Å². The van der Waals surface area contributed by atoms with E-state index in [2.05, 4.69) is 0 Å². The van der Waals surface area contributed by atoms with E-state index in [1.165, 1.54) is 17.4 Å². The highest BCUT2D eigenvalue weighted by molar-refractivity contribution is 7.16. The van der Waals surface area contributed by atoms with Crippen molar-refractivity contribution >= 4 is 22.9 Å². The van der Waals surface area contributed by atoms with E-state index in [1.54, 1.807) is 12.1 Å². The van der Waals surface area contributed by atoms with Gasteiger partial charge in [0.05, 0.1) is 4.34 Å². The van der Waals surface area contributed by atoms with Crippen LogP contribution in [-0.4, -0.2) is 6.04 Å². The van der Waals surface area contributed by atoms with Gasteiger partial charge in [0.15, 0.2) is 11.6 Å². The Morgan fingerprint density at radius 2 is 2.16 bits per heavy atom. The number of nitrogens with two attached hydrogens (primary N) is 1. The summed E-state index contributed by atoms with van der Waals surface area (Å²) in [6.45, 7) is 2.21. The molecule has 5 heteroatoms. The van der Waals surface area contributed by atoms with Gasteiger partial charge in [0.25, 0.3) is 0 Å². The summed E-state index contributed by atoms with van der Waals surface area (Å²) in [5, 5.41) is 0. The lowest BCUT2D eigenvalue weighted by Crippen LogP contribution is -2.17. The standard InChI is InChI=1S/C14H15ClFNOS/c1-9(17)6-10-2-4-13(12(16)7-10)18-8-11-3-5-14(15)19-11/h2-5,7,9H,6,8,17H2,1H3. The van der Waals surface area contributed by atoms with Crippen molar-refractivity contribution in [3.8, 4) is 5.75 Å². The summed E-state index contributed by atoms with van der Waals surface area (Å²) in [7, 11) is 0. The number of ether oxygens (including phenoxy) is 1. The molecule has 0 saturated carbocycles. The Kier molecular flexibility index (Phi) is 4.80. The van der Waals surface area contributed by atoms with Crippen LogP contribution in [0.3, 0.4) is 0 Å². The second-order valence-electron chi connectivity index (χ2n) is 4.44. The lowest BCUT2D eigenvalue weighted by Gasteiger charge is -2.09. The average Bonchev–Trinajstić information content (AvgIpc) is 2.73. The molecule has 0 aliphatic carbocycles. The van der Waals surface area contributed by atoms with E-state index in [0.29, 0.717) is 17.4 Å². The molecule has 0 spiro atoms. The lowest BCUT2D eigenvalue weighted by atomic mass is 10.1. The van der Waals surface area contributed by atoms with Crippen LogP contribution >= 0.6 is 22.9 Å². The first kappa shape index (κ1) is 14.3. The smallest absolute Gasteiger partial charge is 0.165 e. The molecule has 0 amide bonds. The maximum Gasteiger partial charge on any atom is 0.165 e. The van der Waals surface area contributed by atoms with Gasteiger partial charge in [-0.05, 0) is 43.2 Å². The molecule has 0 fully saturated rings. The Labute approximate surface area is 121 Å². The number of hydrogen-bond acceptors (Lipinski definition) is 3. The minimum Gasteiger partial charge on any atom is -0.485 e. The third kappa shape index (κ3) is 4.20. The molecule has 2 nitrogen and oxygen atoms in total. The van der Waals surface area contributed by atoms with Crippen LogP contribution in [0.4, 0.5) is 4.39 Å². The summed E-state index contributed by atoms with van der Waals surface area (Å²) < 4.78 is 20.0. The molecular weight excluding hydrogens is 285 g/mol. The molecule has 0 bridgehead atoms. The Bertz CT molecular complexity index is 556. The SMILES string of the molecule is CC(N)Cc1ccc(OCc2ccc(Cl)s2)c(F)c1. The van der Waals surface area contributed by atoms with Crippen LogP contribution in [0, 0.1) is 5.82 Å². The van der Waals surface area contributed by atoms with Crippen LogP contribution in [0.5, 0.6) is 5.75 Å². The van der Waals surface area contributed by atoms with Gasteiger partial charge in [0.1, 0.15) is 6.61 Å². The fourth-order valence-electron chi connectivity index (χ4n) is 1.74. The average molecular weight is 300 g/mol. The van der Waals surface area contributed by atoms with Crippen molar-refractivity contribution in [2.45, 2.75) is 26.0 Å². The van der Waals surface area contributed by atoms with Gasteiger partial charge in [-0.2, -0.15) is 0 Å². The van der Waals surface area contributed by atoms with Crippen LogP contribution < -0.4 is 10.5 Å². The fraction of sp³-hybridized carbons (Fsp3) is 0.286. The molecular formula is C14H15ClFNOS. The first-order chi connectivity index (χ1) is 9.04. The van der Waals surface area contributed by atoms with E-state index in [1.807, 2.05) is 19.1 Å². The summed E-state index contributed by atoms with van der Waals surface area (Å²) in [6.07, 6.45) is 0.651. The predicted octanol–water partition coefficient (Wildman–Crippen LogP) is 4.01. The highest BCUT2D eigenvalue weighted by Gasteiger charge is 2.07. The van der Waals surface area contributed by atoms with Crippen LogP contribution in [0.15, 0.2) is 30.3 Å². The molecule has 1 unspecified atom stereocenters. The first-order valence-corrected chi connectivity index (χ1v) is 7.15. The van der Waals surface area contributed by atoms with Crippen LogP contribution in [0.2, 0.25) is 4.34 Å². The molecule has 1 heterocycles. The van der Waals surface area contributed by atoms with Gasteiger partial charge in [0.2, 0.25) is 0 Å².